The van der Waals surface area contributed by atoms with Gasteiger partial charge in [0.2, 0.25) is 11.8 Å². The number of halogens is 2. The SMILES string of the molecule is CC(C)C[C@H]1C(=O)N[C@@H](C2CCCCC2)CN1C(=O)[C@@H]1C[C@H]1c1ccc(F)cc1F. The van der Waals surface area contributed by atoms with E-state index in [1.807, 2.05) is 0 Å². The minimum atomic E-state index is -0.611. The summed E-state index contributed by atoms with van der Waals surface area (Å²) in [6.45, 7) is 4.65. The standard InChI is InChI=1S/C24H32F2N2O2/c1-14(2)10-22-23(29)27-21(15-6-4-3-5-7-15)13-28(22)24(30)19-12-18(19)17-9-8-16(25)11-20(17)26/h8-9,11,14-15,18-19,21-22H,3-7,10,12-13H2,1-2H3,(H,27,29)/t18-,19+,21+,22-/m0/s1. The molecule has 1 aromatic rings. The Kier molecular flexibility index (Phi) is 6.12. The fourth-order valence-corrected chi connectivity index (χ4v) is 5.36. The molecule has 3 fully saturated rings. The molecule has 2 aliphatic carbocycles. The van der Waals surface area contributed by atoms with Gasteiger partial charge in [-0.05, 0) is 55.1 Å². The maximum absolute atomic E-state index is 14.2. The van der Waals surface area contributed by atoms with Crippen LogP contribution in [-0.4, -0.2) is 35.3 Å². The van der Waals surface area contributed by atoms with Crippen molar-refractivity contribution in [1.29, 1.82) is 0 Å². The normalized spacial score (nSPS) is 29.8. The summed E-state index contributed by atoms with van der Waals surface area (Å²) in [6, 6.07) is 3.11. The lowest BCUT2D eigenvalue weighted by Crippen LogP contribution is -2.64. The number of carbonyl (C=O) groups is 2. The van der Waals surface area contributed by atoms with E-state index in [-0.39, 0.29) is 35.6 Å². The van der Waals surface area contributed by atoms with Crippen LogP contribution in [0, 0.1) is 29.4 Å². The first-order valence-corrected chi connectivity index (χ1v) is 11.4. The summed E-state index contributed by atoms with van der Waals surface area (Å²) in [5, 5.41) is 3.21. The molecular formula is C24H32F2N2O2. The van der Waals surface area contributed by atoms with E-state index in [2.05, 4.69) is 19.2 Å². The zero-order valence-corrected chi connectivity index (χ0v) is 17.9. The highest BCUT2D eigenvalue weighted by Crippen LogP contribution is 2.50. The minimum absolute atomic E-state index is 0.00456. The number of nitrogens with zero attached hydrogens (tertiary/aromatic N) is 1. The first kappa shape index (κ1) is 21.3. The summed E-state index contributed by atoms with van der Waals surface area (Å²) >= 11 is 0. The van der Waals surface area contributed by atoms with E-state index in [0.717, 1.165) is 18.9 Å². The van der Waals surface area contributed by atoms with Crippen LogP contribution in [-0.2, 0) is 9.59 Å². The highest BCUT2D eigenvalue weighted by atomic mass is 19.1. The van der Waals surface area contributed by atoms with Crippen LogP contribution in [0.15, 0.2) is 18.2 Å². The fourth-order valence-electron chi connectivity index (χ4n) is 5.36. The summed E-state index contributed by atoms with van der Waals surface area (Å²) in [7, 11) is 0. The van der Waals surface area contributed by atoms with E-state index in [0.29, 0.717) is 30.9 Å². The molecule has 3 aliphatic rings. The molecule has 1 heterocycles. The Morgan fingerprint density at radius 2 is 1.93 bits per heavy atom. The van der Waals surface area contributed by atoms with Crippen LogP contribution >= 0.6 is 0 Å². The van der Waals surface area contributed by atoms with Crippen LogP contribution in [0.2, 0.25) is 0 Å². The van der Waals surface area contributed by atoms with Gasteiger partial charge in [0.1, 0.15) is 17.7 Å². The third-order valence-electron chi connectivity index (χ3n) is 7.07. The lowest BCUT2D eigenvalue weighted by atomic mass is 9.82. The maximum atomic E-state index is 14.2. The molecule has 0 unspecified atom stereocenters. The van der Waals surface area contributed by atoms with Crippen LogP contribution in [0.3, 0.4) is 0 Å². The van der Waals surface area contributed by atoms with Gasteiger partial charge in [-0.15, -0.1) is 0 Å². The van der Waals surface area contributed by atoms with Crippen molar-refractivity contribution in [2.75, 3.05) is 6.54 Å². The third-order valence-corrected chi connectivity index (χ3v) is 7.07. The largest absolute Gasteiger partial charge is 0.350 e. The second kappa shape index (κ2) is 8.64. The number of rotatable bonds is 5. The van der Waals surface area contributed by atoms with Crippen molar-refractivity contribution in [1.82, 2.24) is 10.2 Å². The molecule has 4 atom stereocenters. The van der Waals surface area contributed by atoms with Crippen molar-refractivity contribution in [3.63, 3.8) is 0 Å². The summed E-state index contributed by atoms with van der Waals surface area (Å²) in [5.74, 6) is -1.15. The van der Waals surface area contributed by atoms with Crippen LogP contribution in [0.4, 0.5) is 8.78 Å². The van der Waals surface area contributed by atoms with E-state index in [9.17, 15) is 18.4 Å². The summed E-state index contributed by atoms with van der Waals surface area (Å²) in [5.41, 5.74) is 0.403. The van der Waals surface area contributed by atoms with E-state index < -0.39 is 17.7 Å². The molecule has 4 rings (SSSR count). The fraction of sp³-hybridized carbons (Fsp3) is 0.667. The average molecular weight is 419 g/mol. The number of carbonyl (C=O) groups excluding carboxylic acids is 2. The number of hydrogen-bond donors (Lipinski definition) is 1. The first-order valence-electron chi connectivity index (χ1n) is 11.4. The molecule has 0 spiro atoms. The molecule has 1 saturated heterocycles. The van der Waals surface area contributed by atoms with Crippen LogP contribution in [0.1, 0.15) is 70.3 Å². The smallest absolute Gasteiger partial charge is 0.243 e. The quantitative estimate of drug-likeness (QED) is 0.771. The second-order valence-corrected chi connectivity index (χ2v) is 9.76. The first-order chi connectivity index (χ1) is 14.3. The minimum Gasteiger partial charge on any atom is -0.350 e. The predicted molar refractivity (Wildman–Crippen MR) is 111 cm³/mol. The highest BCUT2D eigenvalue weighted by molar-refractivity contribution is 5.91. The Hall–Kier alpha value is -1.98. The Morgan fingerprint density at radius 1 is 1.20 bits per heavy atom. The van der Waals surface area contributed by atoms with Gasteiger partial charge in [-0.25, -0.2) is 8.78 Å². The summed E-state index contributed by atoms with van der Waals surface area (Å²) in [4.78, 5) is 28.2. The van der Waals surface area contributed by atoms with Gasteiger partial charge in [-0.1, -0.05) is 39.2 Å². The van der Waals surface area contributed by atoms with E-state index in [4.69, 9.17) is 0 Å². The summed E-state index contributed by atoms with van der Waals surface area (Å²) in [6.07, 6.45) is 6.95. The maximum Gasteiger partial charge on any atom is 0.243 e. The highest BCUT2D eigenvalue weighted by Gasteiger charge is 2.50. The van der Waals surface area contributed by atoms with Gasteiger partial charge >= 0.3 is 0 Å². The monoisotopic (exact) mass is 418 g/mol. The Bertz CT molecular complexity index is 806. The Morgan fingerprint density at radius 3 is 2.60 bits per heavy atom. The molecule has 164 valence electrons. The lowest BCUT2D eigenvalue weighted by Gasteiger charge is -2.43. The Balaban J connectivity index is 1.51. The van der Waals surface area contributed by atoms with Crippen LogP contribution < -0.4 is 5.32 Å². The van der Waals surface area contributed by atoms with E-state index >= 15 is 0 Å². The van der Waals surface area contributed by atoms with Crippen molar-refractivity contribution >= 4 is 11.8 Å². The van der Waals surface area contributed by atoms with Gasteiger partial charge < -0.3 is 10.2 Å². The Labute approximate surface area is 177 Å². The van der Waals surface area contributed by atoms with Crippen molar-refractivity contribution < 1.29 is 18.4 Å². The molecule has 6 heteroatoms. The van der Waals surface area contributed by atoms with Gasteiger partial charge in [-0.2, -0.15) is 0 Å². The molecule has 2 saturated carbocycles. The molecule has 0 radical (unpaired) electrons. The molecule has 1 aromatic carbocycles. The van der Waals surface area contributed by atoms with Crippen molar-refractivity contribution in [2.24, 2.45) is 17.8 Å². The molecule has 0 bridgehead atoms. The zero-order valence-electron chi connectivity index (χ0n) is 17.9. The molecule has 1 N–H and O–H groups in total. The number of amides is 2. The number of piperazine rings is 1. The zero-order chi connectivity index (χ0) is 21.4. The van der Waals surface area contributed by atoms with Crippen LogP contribution in [0.5, 0.6) is 0 Å². The molecule has 2 amide bonds. The third kappa shape index (κ3) is 4.37. The molecule has 4 nitrogen and oxygen atoms in total. The van der Waals surface area contributed by atoms with Crippen molar-refractivity contribution in [2.45, 2.75) is 76.8 Å². The van der Waals surface area contributed by atoms with Gasteiger partial charge in [-0.3, -0.25) is 9.59 Å². The lowest BCUT2D eigenvalue weighted by molar-refractivity contribution is -0.147. The van der Waals surface area contributed by atoms with E-state index in [1.54, 1.807) is 4.90 Å². The molecular weight excluding hydrogens is 386 g/mol. The molecule has 0 aromatic heterocycles. The van der Waals surface area contributed by atoms with Crippen molar-refractivity contribution in [3.8, 4) is 0 Å². The number of benzene rings is 1. The average Bonchev–Trinajstić information content (AvgIpc) is 3.49. The van der Waals surface area contributed by atoms with E-state index in [1.165, 1.54) is 31.4 Å². The number of nitrogens with one attached hydrogen (secondary N) is 1. The second-order valence-electron chi connectivity index (χ2n) is 9.76. The van der Waals surface area contributed by atoms with Gasteiger partial charge in [0, 0.05) is 24.6 Å². The van der Waals surface area contributed by atoms with Gasteiger partial charge in [0.25, 0.3) is 0 Å². The topological polar surface area (TPSA) is 49.4 Å². The van der Waals surface area contributed by atoms with Crippen molar-refractivity contribution in [3.05, 3.63) is 35.4 Å². The molecule has 1 aliphatic heterocycles. The van der Waals surface area contributed by atoms with Gasteiger partial charge in [0.15, 0.2) is 0 Å². The number of hydrogen-bond acceptors (Lipinski definition) is 2. The summed E-state index contributed by atoms with van der Waals surface area (Å²) < 4.78 is 27.5. The van der Waals surface area contributed by atoms with Gasteiger partial charge in [0.05, 0.1) is 0 Å². The molecule has 30 heavy (non-hydrogen) atoms. The van der Waals surface area contributed by atoms with Crippen LogP contribution in [0.25, 0.3) is 0 Å². The predicted octanol–water partition coefficient (Wildman–Crippen LogP) is 4.39.